The van der Waals surface area contributed by atoms with E-state index in [1.807, 2.05) is 0 Å². The minimum atomic E-state index is -0.0634. The Balaban J connectivity index is 2.29. The highest BCUT2D eigenvalue weighted by molar-refractivity contribution is 9.09. The van der Waals surface area contributed by atoms with E-state index in [0.29, 0.717) is 0 Å². The Morgan fingerprint density at radius 3 is 2.33 bits per heavy atom. The van der Waals surface area contributed by atoms with E-state index in [2.05, 4.69) is 29.8 Å². The van der Waals surface area contributed by atoms with E-state index >= 15 is 0 Å². The second kappa shape index (κ2) is 5.65. The van der Waals surface area contributed by atoms with Gasteiger partial charge in [0.2, 0.25) is 0 Å². The van der Waals surface area contributed by atoms with Crippen molar-refractivity contribution in [2.45, 2.75) is 57.2 Å². The summed E-state index contributed by atoms with van der Waals surface area (Å²) in [5.74, 6) is 0. The van der Waals surface area contributed by atoms with Crippen molar-refractivity contribution in [3.63, 3.8) is 0 Å². The summed E-state index contributed by atoms with van der Waals surface area (Å²) in [7, 11) is 1.76. The third kappa shape index (κ3) is 4.04. The van der Waals surface area contributed by atoms with E-state index < -0.39 is 0 Å². The van der Waals surface area contributed by atoms with Crippen LogP contribution in [0.25, 0.3) is 0 Å². The van der Waals surface area contributed by atoms with Gasteiger partial charge < -0.3 is 9.47 Å². The Labute approximate surface area is 102 Å². The van der Waals surface area contributed by atoms with Crippen molar-refractivity contribution in [2.24, 2.45) is 0 Å². The molecule has 1 fully saturated rings. The zero-order chi connectivity index (χ0) is 11.4. The molecule has 0 N–H and O–H groups in total. The first-order valence-electron chi connectivity index (χ1n) is 5.79. The Morgan fingerprint density at radius 2 is 1.87 bits per heavy atom. The molecule has 1 aliphatic rings. The lowest BCUT2D eigenvalue weighted by Crippen LogP contribution is -2.34. The van der Waals surface area contributed by atoms with Crippen LogP contribution in [0.3, 0.4) is 0 Å². The largest absolute Gasteiger partial charge is 0.379 e. The van der Waals surface area contributed by atoms with Gasteiger partial charge in [0.1, 0.15) is 0 Å². The zero-order valence-electron chi connectivity index (χ0n) is 10.1. The molecule has 0 aromatic carbocycles. The van der Waals surface area contributed by atoms with Crippen molar-refractivity contribution in [2.75, 3.05) is 19.0 Å². The van der Waals surface area contributed by atoms with Crippen LogP contribution in [0.15, 0.2) is 0 Å². The first-order chi connectivity index (χ1) is 7.04. The summed E-state index contributed by atoms with van der Waals surface area (Å²) in [6.07, 6.45) is 5.97. The molecular formula is C12H23BrO2. The number of halogens is 1. The molecule has 0 heterocycles. The Morgan fingerprint density at radius 1 is 1.27 bits per heavy atom. The highest BCUT2D eigenvalue weighted by Gasteiger charge is 2.34. The van der Waals surface area contributed by atoms with Crippen LogP contribution in [0.2, 0.25) is 0 Å². The fourth-order valence-electron chi connectivity index (χ4n) is 1.95. The van der Waals surface area contributed by atoms with Crippen LogP contribution >= 0.6 is 15.9 Å². The van der Waals surface area contributed by atoms with Gasteiger partial charge in [0.15, 0.2) is 0 Å². The van der Waals surface area contributed by atoms with Crippen molar-refractivity contribution in [1.82, 2.24) is 0 Å². The Bertz CT molecular complexity index is 186. The number of alkyl halides is 1. The van der Waals surface area contributed by atoms with E-state index in [4.69, 9.17) is 9.47 Å². The smallest absolute Gasteiger partial charge is 0.0778 e. The SMILES string of the molecule is COC(C)(C)CCOC1(CBr)CCCC1. The monoisotopic (exact) mass is 278 g/mol. The average molecular weight is 279 g/mol. The number of hydrogen-bond acceptors (Lipinski definition) is 2. The van der Waals surface area contributed by atoms with Crippen molar-refractivity contribution >= 4 is 15.9 Å². The maximum atomic E-state index is 6.05. The molecule has 1 rings (SSSR count). The summed E-state index contributed by atoms with van der Waals surface area (Å²) in [4.78, 5) is 0. The van der Waals surface area contributed by atoms with Gasteiger partial charge in [-0.1, -0.05) is 28.8 Å². The van der Waals surface area contributed by atoms with Crippen molar-refractivity contribution < 1.29 is 9.47 Å². The molecule has 0 amide bonds. The van der Waals surface area contributed by atoms with E-state index in [9.17, 15) is 0 Å². The van der Waals surface area contributed by atoms with Crippen LogP contribution < -0.4 is 0 Å². The van der Waals surface area contributed by atoms with Gasteiger partial charge in [-0.3, -0.25) is 0 Å². The van der Waals surface area contributed by atoms with Gasteiger partial charge in [-0.2, -0.15) is 0 Å². The average Bonchev–Trinajstić information content (AvgIpc) is 2.67. The predicted molar refractivity (Wildman–Crippen MR) is 66.7 cm³/mol. The summed E-state index contributed by atoms with van der Waals surface area (Å²) in [5.41, 5.74) is 0.0515. The van der Waals surface area contributed by atoms with E-state index in [0.717, 1.165) is 18.4 Å². The minimum absolute atomic E-state index is 0.0634. The third-order valence-electron chi connectivity index (χ3n) is 3.42. The number of rotatable bonds is 6. The molecule has 1 aliphatic carbocycles. The third-order valence-corrected chi connectivity index (χ3v) is 4.45. The molecule has 90 valence electrons. The molecule has 0 aromatic rings. The van der Waals surface area contributed by atoms with E-state index in [1.165, 1.54) is 25.7 Å². The molecular weight excluding hydrogens is 256 g/mol. The fraction of sp³-hybridized carbons (Fsp3) is 1.00. The van der Waals surface area contributed by atoms with Crippen LogP contribution in [-0.2, 0) is 9.47 Å². The molecule has 15 heavy (non-hydrogen) atoms. The molecule has 0 saturated heterocycles. The molecule has 1 saturated carbocycles. The van der Waals surface area contributed by atoms with Crippen LogP contribution in [0.4, 0.5) is 0 Å². The quantitative estimate of drug-likeness (QED) is 0.692. The number of methoxy groups -OCH3 is 1. The summed E-state index contributed by atoms with van der Waals surface area (Å²) >= 11 is 3.57. The van der Waals surface area contributed by atoms with Gasteiger partial charge in [-0.25, -0.2) is 0 Å². The first kappa shape index (κ1) is 13.5. The molecule has 0 bridgehead atoms. The van der Waals surface area contributed by atoms with Gasteiger partial charge >= 0.3 is 0 Å². The standard InChI is InChI=1S/C12H23BrO2/c1-11(2,14-3)8-9-15-12(10-13)6-4-5-7-12/h4-10H2,1-3H3. The summed E-state index contributed by atoms with van der Waals surface area (Å²) in [5, 5.41) is 0.966. The Hall–Kier alpha value is 0.400. The van der Waals surface area contributed by atoms with Gasteiger partial charge in [0, 0.05) is 12.4 Å². The lowest BCUT2D eigenvalue weighted by atomic mass is 10.0. The highest BCUT2D eigenvalue weighted by atomic mass is 79.9. The molecule has 0 radical (unpaired) electrons. The minimum Gasteiger partial charge on any atom is -0.379 e. The van der Waals surface area contributed by atoms with Crippen LogP contribution in [-0.4, -0.2) is 30.2 Å². The molecule has 0 aromatic heterocycles. The summed E-state index contributed by atoms with van der Waals surface area (Å²) in [6.45, 7) is 5.00. The van der Waals surface area contributed by atoms with E-state index in [-0.39, 0.29) is 11.2 Å². The number of ether oxygens (including phenoxy) is 2. The van der Waals surface area contributed by atoms with Crippen LogP contribution in [0, 0.1) is 0 Å². The predicted octanol–water partition coefficient (Wildman–Crippen LogP) is 3.53. The Kier molecular flexibility index (Phi) is 5.07. The first-order valence-corrected chi connectivity index (χ1v) is 6.91. The maximum absolute atomic E-state index is 6.05. The zero-order valence-corrected chi connectivity index (χ0v) is 11.7. The summed E-state index contributed by atoms with van der Waals surface area (Å²) < 4.78 is 11.4. The maximum Gasteiger partial charge on any atom is 0.0778 e. The molecule has 0 atom stereocenters. The highest BCUT2D eigenvalue weighted by Crippen LogP contribution is 2.35. The topological polar surface area (TPSA) is 18.5 Å². The van der Waals surface area contributed by atoms with Crippen molar-refractivity contribution in [3.8, 4) is 0 Å². The lowest BCUT2D eigenvalue weighted by molar-refractivity contribution is -0.0600. The molecule has 3 heteroatoms. The molecule has 0 spiro atoms. The van der Waals surface area contributed by atoms with Gasteiger partial charge in [-0.15, -0.1) is 0 Å². The number of hydrogen-bond donors (Lipinski definition) is 0. The van der Waals surface area contributed by atoms with Crippen LogP contribution in [0.1, 0.15) is 46.0 Å². The molecule has 0 aliphatic heterocycles. The van der Waals surface area contributed by atoms with Gasteiger partial charge in [0.05, 0.1) is 17.8 Å². The van der Waals surface area contributed by atoms with Gasteiger partial charge in [-0.05, 0) is 33.1 Å². The molecule has 0 unspecified atom stereocenters. The summed E-state index contributed by atoms with van der Waals surface area (Å²) in [6, 6.07) is 0. The van der Waals surface area contributed by atoms with E-state index in [1.54, 1.807) is 7.11 Å². The second-order valence-corrected chi connectivity index (χ2v) is 5.65. The van der Waals surface area contributed by atoms with Crippen molar-refractivity contribution in [1.29, 1.82) is 0 Å². The van der Waals surface area contributed by atoms with Crippen LogP contribution in [0.5, 0.6) is 0 Å². The lowest BCUT2D eigenvalue weighted by Gasteiger charge is -2.30. The van der Waals surface area contributed by atoms with Gasteiger partial charge in [0.25, 0.3) is 0 Å². The second-order valence-electron chi connectivity index (χ2n) is 5.09. The van der Waals surface area contributed by atoms with Crippen molar-refractivity contribution in [3.05, 3.63) is 0 Å². The molecule has 2 nitrogen and oxygen atoms in total. The normalized spacial score (nSPS) is 20.8. The fourth-order valence-corrected chi connectivity index (χ4v) is 2.67.